The molecule has 0 unspecified atom stereocenters. The molecule has 7 heteroatoms. The normalized spacial score (nSPS) is 10.2. The molecule has 0 spiro atoms. The van der Waals surface area contributed by atoms with E-state index in [0.717, 1.165) is 5.69 Å². The molecule has 2 amide bonds. The van der Waals surface area contributed by atoms with E-state index in [1.807, 2.05) is 6.92 Å². The van der Waals surface area contributed by atoms with Crippen LogP contribution in [0, 0.1) is 13.8 Å². The van der Waals surface area contributed by atoms with Gasteiger partial charge in [0.15, 0.2) is 0 Å². The smallest absolute Gasteiger partial charge is 0.251 e. The average molecular weight is 307 g/mol. The Kier molecular flexibility index (Phi) is 4.59. The van der Waals surface area contributed by atoms with Gasteiger partial charge in [0.2, 0.25) is 5.91 Å². The molecule has 0 bridgehead atoms. The molecule has 1 aromatic heterocycles. The number of H-pyrrole nitrogens is 1. The van der Waals surface area contributed by atoms with Crippen molar-refractivity contribution >= 4 is 29.1 Å². The van der Waals surface area contributed by atoms with E-state index in [9.17, 15) is 9.59 Å². The highest BCUT2D eigenvalue weighted by molar-refractivity contribution is 6.30. The molecular formula is C14H15ClN4O2. The van der Waals surface area contributed by atoms with Crippen LogP contribution in [0.1, 0.15) is 21.7 Å². The van der Waals surface area contributed by atoms with Gasteiger partial charge in [-0.15, -0.1) is 0 Å². The van der Waals surface area contributed by atoms with Crippen LogP contribution in [0.25, 0.3) is 0 Å². The summed E-state index contributed by atoms with van der Waals surface area (Å²) in [6.45, 7) is 3.47. The maximum absolute atomic E-state index is 11.8. The van der Waals surface area contributed by atoms with Gasteiger partial charge in [-0.3, -0.25) is 14.7 Å². The third-order valence-corrected chi connectivity index (χ3v) is 3.16. The van der Waals surface area contributed by atoms with E-state index < -0.39 is 0 Å². The molecule has 0 radical (unpaired) electrons. The summed E-state index contributed by atoms with van der Waals surface area (Å²) in [6.07, 6.45) is 0. The predicted octanol–water partition coefficient (Wildman–Crippen LogP) is 2.05. The fraction of sp³-hybridized carbons (Fsp3) is 0.214. The first-order chi connectivity index (χ1) is 9.97. The topological polar surface area (TPSA) is 86.9 Å². The van der Waals surface area contributed by atoms with Gasteiger partial charge in [-0.2, -0.15) is 5.10 Å². The number of halogens is 1. The monoisotopic (exact) mass is 306 g/mol. The van der Waals surface area contributed by atoms with E-state index >= 15 is 0 Å². The number of carbonyl (C=O) groups excluding carboxylic acids is 2. The molecule has 0 saturated heterocycles. The molecule has 0 fully saturated rings. The van der Waals surface area contributed by atoms with Crippen LogP contribution in [-0.4, -0.2) is 28.6 Å². The molecule has 1 aromatic carbocycles. The van der Waals surface area contributed by atoms with Crippen LogP contribution < -0.4 is 10.6 Å². The maximum atomic E-state index is 11.8. The Balaban J connectivity index is 1.89. The minimum Gasteiger partial charge on any atom is -0.343 e. The molecule has 0 aliphatic carbocycles. The summed E-state index contributed by atoms with van der Waals surface area (Å²) >= 11 is 5.75. The number of amides is 2. The zero-order valence-corrected chi connectivity index (χ0v) is 12.4. The SMILES string of the molecule is Cc1n[nH]c(C)c1NC(=O)CNC(=O)c1ccc(Cl)cc1. The summed E-state index contributed by atoms with van der Waals surface area (Å²) in [5.41, 5.74) is 2.55. The van der Waals surface area contributed by atoms with E-state index in [-0.39, 0.29) is 18.4 Å². The van der Waals surface area contributed by atoms with Crippen molar-refractivity contribution in [1.82, 2.24) is 15.5 Å². The van der Waals surface area contributed by atoms with Crippen molar-refractivity contribution in [1.29, 1.82) is 0 Å². The molecule has 0 saturated carbocycles. The van der Waals surface area contributed by atoms with Crippen molar-refractivity contribution in [3.05, 3.63) is 46.2 Å². The second-order valence-electron chi connectivity index (χ2n) is 4.55. The summed E-state index contributed by atoms with van der Waals surface area (Å²) in [6, 6.07) is 6.43. The lowest BCUT2D eigenvalue weighted by Crippen LogP contribution is -2.33. The van der Waals surface area contributed by atoms with Crippen LogP contribution in [0.4, 0.5) is 5.69 Å². The zero-order chi connectivity index (χ0) is 15.4. The van der Waals surface area contributed by atoms with Gasteiger partial charge in [0.05, 0.1) is 23.6 Å². The molecule has 110 valence electrons. The van der Waals surface area contributed by atoms with Crippen molar-refractivity contribution in [2.24, 2.45) is 0 Å². The van der Waals surface area contributed by atoms with Crippen molar-refractivity contribution in [3.8, 4) is 0 Å². The third-order valence-electron chi connectivity index (χ3n) is 2.91. The number of benzene rings is 1. The predicted molar refractivity (Wildman–Crippen MR) is 80.5 cm³/mol. The summed E-state index contributed by atoms with van der Waals surface area (Å²) in [7, 11) is 0. The number of anilines is 1. The minimum absolute atomic E-state index is 0.120. The fourth-order valence-electron chi connectivity index (χ4n) is 1.78. The Labute approximate surface area is 126 Å². The Morgan fingerprint density at radius 1 is 1.24 bits per heavy atom. The first kappa shape index (κ1) is 15.1. The summed E-state index contributed by atoms with van der Waals surface area (Å²) < 4.78 is 0. The first-order valence-corrected chi connectivity index (χ1v) is 6.70. The highest BCUT2D eigenvalue weighted by Gasteiger charge is 2.12. The van der Waals surface area contributed by atoms with Crippen molar-refractivity contribution in [2.45, 2.75) is 13.8 Å². The Hall–Kier alpha value is -2.34. The largest absolute Gasteiger partial charge is 0.343 e. The number of nitrogens with one attached hydrogen (secondary N) is 3. The summed E-state index contributed by atoms with van der Waals surface area (Å²) in [5, 5.41) is 12.6. The summed E-state index contributed by atoms with van der Waals surface area (Å²) in [4.78, 5) is 23.7. The first-order valence-electron chi connectivity index (χ1n) is 6.32. The highest BCUT2D eigenvalue weighted by atomic mass is 35.5. The van der Waals surface area contributed by atoms with Crippen LogP contribution in [-0.2, 0) is 4.79 Å². The summed E-state index contributed by atoms with van der Waals surface area (Å²) in [5.74, 6) is -0.646. The van der Waals surface area contributed by atoms with Crippen LogP contribution in [0.3, 0.4) is 0 Å². The standard InChI is InChI=1S/C14H15ClN4O2/c1-8-13(9(2)19-18-8)17-12(20)7-16-14(21)10-3-5-11(15)6-4-10/h3-6H,7H2,1-2H3,(H,16,21)(H,17,20)(H,18,19). The molecule has 0 atom stereocenters. The van der Waals surface area contributed by atoms with Gasteiger partial charge >= 0.3 is 0 Å². The fourth-order valence-corrected chi connectivity index (χ4v) is 1.91. The lowest BCUT2D eigenvalue weighted by Gasteiger charge is -2.07. The van der Waals surface area contributed by atoms with Gasteiger partial charge < -0.3 is 10.6 Å². The van der Waals surface area contributed by atoms with E-state index in [1.54, 1.807) is 31.2 Å². The number of hydrogen-bond acceptors (Lipinski definition) is 3. The van der Waals surface area contributed by atoms with Crippen molar-refractivity contribution in [2.75, 3.05) is 11.9 Å². The van der Waals surface area contributed by atoms with Gasteiger partial charge in [-0.1, -0.05) is 11.6 Å². The Bertz CT molecular complexity index is 645. The second-order valence-corrected chi connectivity index (χ2v) is 4.98. The van der Waals surface area contributed by atoms with Crippen molar-refractivity contribution < 1.29 is 9.59 Å². The lowest BCUT2D eigenvalue weighted by atomic mass is 10.2. The molecular weight excluding hydrogens is 292 g/mol. The van der Waals surface area contributed by atoms with Gasteiger partial charge in [-0.25, -0.2) is 0 Å². The van der Waals surface area contributed by atoms with E-state index in [2.05, 4.69) is 20.8 Å². The number of aromatic amines is 1. The van der Waals surface area contributed by atoms with E-state index in [4.69, 9.17) is 11.6 Å². The molecule has 2 aromatic rings. The Morgan fingerprint density at radius 3 is 2.48 bits per heavy atom. The quantitative estimate of drug-likeness (QED) is 0.808. The molecule has 6 nitrogen and oxygen atoms in total. The van der Waals surface area contributed by atoms with Crippen LogP contribution in [0.5, 0.6) is 0 Å². The second kappa shape index (κ2) is 6.41. The molecule has 21 heavy (non-hydrogen) atoms. The molecule has 2 rings (SSSR count). The lowest BCUT2D eigenvalue weighted by molar-refractivity contribution is -0.115. The van der Waals surface area contributed by atoms with Gasteiger partial charge in [0.1, 0.15) is 0 Å². The van der Waals surface area contributed by atoms with E-state index in [1.165, 1.54) is 0 Å². The average Bonchev–Trinajstić information content (AvgIpc) is 2.77. The van der Waals surface area contributed by atoms with Crippen LogP contribution in [0.2, 0.25) is 5.02 Å². The minimum atomic E-state index is -0.331. The van der Waals surface area contributed by atoms with Crippen molar-refractivity contribution in [3.63, 3.8) is 0 Å². The van der Waals surface area contributed by atoms with Crippen LogP contribution >= 0.6 is 11.6 Å². The van der Waals surface area contributed by atoms with Gasteiger partial charge in [0.25, 0.3) is 5.91 Å². The van der Waals surface area contributed by atoms with Gasteiger partial charge in [-0.05, 0) is 38.1 Å². The van der Waals surface area contributed by atoms with E-state index in [0.29, 0.717) is 22.0 Å². The number of hydrogen-bond donors (Lipinski definition) is 3. The highest BCUT2D eigenvalue weighted by Crippen LogP contribution is 2.15. The molecule has 0 aliphatic heterocycles. The third kappa shape index (κ3) is 3.82. The number of nitrogens with zero attached hydrogens (tertiary/aromatic N) is 1. The van der Waals surface area contributed by atoms with Gasteiger partial charge in [0, 0.05) is 10.6 Å². The number of aromatic nitrogens is 2. The maximum Gasteiger partial charge on any atom is 0.251 e. The van der Waals surface area contributed by atoms with Crippen LogP contribution in [0.15, 0.2) is 24.3 Å². The number of rotatable bonds is 4. The Morgan fingerprint density at radius 2 is 1.90 bits per heavy atom. The number of carbonyl (C=O) groups is 2. The molecule has 1 heterocycles. The number of aryl methyl sites for hydroxylation is 2. The molecule has 3 N–H and O–H groups in total. The zero-order valence-electron chi connectivity index (χ0n) is 11.7. The molecule has 0 aliphatic rings.